The molecule has 0 aliphatic carbocycles. The van der Waals surface area contributed by atoms with Crippen LogP contribution in [0.25, 0.3) is 0 Å². The maximum atomic E-state index is 12.6. The van der Waals surface area contributed by atoms with Crippen molar-refractivity contribution in [3.63, 3.8) is 0 Å². The first-order valence-corrected chi connectivity index (χ1v) is 9.74. The van der Waals surface area contributed by atoms with Crippen LogP contribution >= 0.6 is 23.1 Å². The SMILES string of the molecule is CC1CCCC(C)N1C(=O)CSc1nnnn1Cc1cccs1. The standard InChI is InChI=1S/C15H21N5OS2/c1-11-5-3-6-12(2)20(11)14(21)10-23-15-16-17-18-19(15)9-13-7-4-8-22-13/h4,7-8,11-12H,3,5-6,9-10H2,1-2H3. The Morgan fingerprint density at radius 1 is 1.39 bits per heavy atom. The van der Waals surface area contributed by atoms with Crippen LogP contribution in [0.3, 0.4) is 0 Å². The number of thiophene rings is 1. The zero-order chi connectivity index (χ0) is 16.2. The van der Waals surface area contributed by atoms with E-state index in [0.29, 0.717) is 29.5 Å². The van der Waals surface area contributed by atoms with E-state index in [0.717, 1.165) is 12.8 Å². The Bertz CT molecular complexity index is 632. The van der Waals surface area contributed by atoms with Crippen molar-refractivity contribution in [1.82, 2.24) is 25.1 Å². The van der Waals surface area contributed by atoms with E-state index in [1.165, 1.54) is 23.1 Å². The van der Waals surface area contributed by atoms with Gasteiger partial charge in [0, 0.05) is 17.0 Å². The summed E-state index contributed by atoms with van der Waals surface area (Å²) in [5, 5.41) is 14.6. The quantitative estimate of drug-likeness (QED) is 0.775. The Balaban J connectivity index is 1.60. The van der Waals surface area contributed by atoms with Crippen molar-refractivity contribution >= 4 is 29.0 Å². The predicted octanol–water partition coefficient (Wildman–Crippen LogP) is 2.66. The van der Waals surface area contributed by atoms with Crippen molar-refractivity contribution < 1.29 is 4.79 Å². The summed E-state index contributed by atoms with van der Waals surface area (Å²) in [6.07, 6.45) is 3.39. The highest BCUT2D eigenvalue weighted by atomic mass is 32.2. The molecular weight excluding hydrogens is 330 g/mol. The molecule has 124 valence electrons. The molecule has 2 aromatic rings. The van der Waals surface area contributed by atoms with Gasteiger partial charge < -0.3 is 4.90 Å². The Hall–Kier alpha value is -1.41. The average Bonchev–Trinajstić information content (AvgIpc) is 3.17. The van der Waals surface area contributed by atoms with E-state index in [1.807, 2.05) is 16.3 Å². The van der Waals surface area contributed by atoms with Crippen molar-refractivity contribution in [3.8, 4) is 0 Å². The Kier molecular flexibility index (Phi) is 5.32. The number of amides is 1. The predicted molar refractivity (Wildman–Crippen MR) is 91.6 cm³/mol. The number of nitrogens with zero attached hydrogens (tertiary/aromatic N) is 5. The third-order valence-electron chi connectivity index (χ3n) is 4.19. The molecule has 23 heavy (non-hydrogen) atoms. The lowest BCUT2D eigenvalue weighted by molar-refractivity contribution is -0.134. The number of rotatable bonds is 5. The molecule has 0 saturated carbocycles. The molecule has 3 heterocycles. The second-order valence-electron chi connectivity index (χ2n) is 5.92. The molecule has 3 rings (SSSR count). The minimum absolute atomic E-state index is 0.181. The first-order chi connectivity index (χ1) is 11.1. The number of hydrogen-bond acceptors (Lipinski definition) is 6. The van der Waals surface area contributed by atoms with E-state index in [2.05, 4.69) is 35.4 Å². The topological polar surface area (TPSA) is 63.9 Å². The maximum absolute atomic E-state index is 12.6. The smallest absolute Gasteiger partial charge is 0.233 e. The van der Waals surface area contributed by atoms with Crippen molar-refractivity contribution in [2.45, 2.75) is 56.9 Å². The molecule has 2 atom stereocenters. The summed E-state index contributed by atoms with van der Waals surface area (Å²) in [4.78, 5) is 15.8. The lowest BCUT2D eigenvalue weighted by Crippen LogP contribution is -2.48. The van der Waals surface area contributed by atoms with Gasteiger partial charge in [-0.15, -0.1) is 16.4 Å². The van der Waals surface area contributed by atoms with Crippen molar-refractivity contribution in [2.24, 2.45) is 0 Å². The monoisotopic (exact) mass is 351 g/mol. The van der Waals surface area contributed by atoms with Gasteiger partial charge in [0.25, 0.3) is 0 Å². The van der Waals surface area contributed by atoms with Crippen LogP contribution in [0, 0.1) is 0 Å². The second-order valence-corrected chi connectivity index (χ2v) is 7.89. The van der Waals surface area contributed by atoms with Gasteiger partial charge in [0.15, 0.2) is 0 Å². The molecule has 1 saturated heterocycles. The molecule has 6 nitrogen and oxygen atoms in total. The van der Waals surface area contributed by atoms with Crippen LogP contribution in [0.2, 0.25) is 0 Å². The lowest BCUT2D eigenvalue weighted by Gasteiger charge is -2.39. The highest BCUT2D eigenvalue weighted by molar-refractivity contribution is 7.99. The van der Waals surface area contributed by atoms with Crippen molar-refractivity contribution in [2.75, 3.05) is 5.75 Å². The fourth-order valence-corrected chi connectivity index (χ4v) is 4.49. The van der Waals surface area contributed by atoms with Crippen LogP contribution in [0.4, 0.5) is 0 Å². The van der Waals surface area contributed by atoms with Crippen molar-refractivity contribution in [1.29, 1.82) is 0 Å². The van der Waals surface area contributed by atoms with Gasteiger partial charge in [-0.3, -0.25) is 4.79 Å². The molecule has 0 N–H and O–H groups in total. The minimum Gasteiger partial charge on any atom is -0.337 e. The van der Waals surface area contributed by atoms with Crippen LogP contribution in [-0.2, 0) is 11.3 Å². The maximum Gasteiger partial charge on any atom is 0.233 e. The van der Waals surface area contributed by atoms with Gasteiger partial charge in [0.1, 0.15) is 0 Å². The van der Waals surface area contributed by atoms with Gasteiger partial charge in [-0.25, -0.2) is 4.68 Å². The number of aromatic nitrogens is 4. The van der Waals surface area contributed by atoms with Gasteiger partial charge in [-0.05, 0) is 55.0 Å². The highest BCUT2D eigenvalue weighted by Gasteiger charge is 2.29. The molecule has 1 fully saturated rings. The zero-order valence-corrected chi connectivity index (χ0v) is 15.0. The van der Waals surface area contributed by atoms with E-state index in [9.17, 15) is 4.79 Å². The van der Waals surface area contributed by atoms with Crippen LogP contribution < -0.4 is 0 Å². The first kappa shape index (κ1) is 16.4. The molecule has 2 unspecified atom stereocenters. The largest absolute Gasteiger partial charge is 0.337 e. The molecule has 2 aromatic heterocycles. The van der Waals surface area contributed by atoms with E-state index in [1.54, 1.807) is 16.0 Å². The summed E-state index contributed by atoms with van der Waals surface area (Å²) >= 11 is 3.10. The van der Waals surface area contributed by atoms with E-state index >= 15 is 0 Å². The summed E-state index contributed by atoms with van der Waals surface area (Å²) in [6, 6.07) is 4.73. The summed E-state index contributed by atoms with van der Waals surface area (Å²) in [5.74, 6) is 0.569. The zero-order valence-electron chi connectivity index (χ0n) is 13.4. The van der Waals surface area contributed by atoms with E-state index in [-0.39, 0.29) is 5.91 Å². The first-order valence-electron chi connectivity index (χ1n) is 7.87. The van der Waals surface area contributed by atoms with Crippen LogP contribution in [0.1, 0.15) is 38.0 Å². The molecule has 1 amide bonds. The molecule has 1 aliphatic heterocycles. The van der Waals surface area contributed by atoms with E-state index in [4.69, 9.17) is 0 Å². The van der Waals surface area contributed by atoms with E-state index < -0.39 is 0 Å². The number of thioether (sulfide) groups is 1. The molecule has 0 bridgehead atoms. The fraction of sp³-hybridized carbons (Fsp3) is 0.600. The summed E-state index contributed by atoms with van der Waals surface area (Å²) < 4.78 is 1.76. The minimum atomic E-state index is 0.181. The molecule has 0 spiro atoms. The lowest BCUT2D eigenvalue weighted by atomic mass is 9.98. The Morgan fingerprint density at radius 3 is 2.87 bits per heavy atom. The molecule has 0 radical (unpaired) electrons. The van der Waals surface area contributed by atoms with Crippen LogP contribution in [0.5, 0.6) is 0 Å². The molecule has 8 heteroatoms. The Morgan fingerprint density at radius 2 is 2.17 bits per heavy atom. The number of carbonyl (C=O) groups excluding carboxylic acids is 1. The number of piperidine rings is 1. The van der Waals surface area contributed by atoms with Gasteiger partial charge in [0.05, 0.1) is 12.3 Å². The molecule has 1 aliphatic rings. The number of carbonyl (C=O) groups is 1. The number of hydrogen-bond donors (Lipinski definition) is 0. The second kappa shape index (κ2) is 7.44. The van der Waals surface area contributed by atoms with Crippen molar-refractivity contribution in [3.05, 3.63) is 22.4 Å². The van der Waals surface area contributed by atoms with Gasteiger partial charge >= 0.3 is 0 Å². The third-order valence-corrected chi connectivity index (χ3v) is 5.99. The summed E-state index contributed by atoms with van der Waals surface area (Å²) in [6.45, 7) is 4.93. The van der Waals surface area contributed by atoms with Crippen LogP contribution in [0.15, 0.2) is 22.7 Å². The summed E-state index contributed by atoms with van der Waals surface area (Å²) in [7, 11) is 0. The Labute approximate surface area is 144 Å². The molecular formula is C15H21N5OS2. The van der Waals surface area contributed by atoms with Crippen LogP contribution in [-0.4, -0.2) is 48.9 Å². The normalized spacial score (nSPS) is 21.6. The molecule has 0 aromatic carbocycles. The summed E-state index contributed by atoms with van der Waals surface area (Å²) in [5.41, 5.74) is 0. The highest BCUT2D eigenvalue weighted by Crippen LogP contribution is 2.25. The fourth-order valence-electron chi connectivity index (χ4n) is 3.06. The number of likely N-dealkylation sites (tertiary alicyclic amines) is 1. The van der Waals surface area contributed by atoms with Gasteiger partial charge in [-0.2, -0.15) is 0 Å². The third kappa shape index (κ3) is 3.92. The average molecular weight is 352 g/mol. The number of tetrazole rings is 1. The van der Waals surface area contributed by atoms with Gasteiger partial charge in [-0.1, -0.05) is 17.8 Å². The van der Waals surface area contributed by atoms with Gasteiger partial charge in [0.2, 0.25) is 11.1 Å².